The van der Waals surface area contributed by atoms with Gasteiger partial charge in [0, 0.05) is 28.4 Å². The van der Waals surface area contributed by atoms with Crippen molar-refractivity contribution >= 4 is 22.5 Å². The van der Waals surface area contributed by atoms with Gasteiger partial charge in [-0.1, -0.05) is 48.5 Å². The van der Waals surface area contributed by atoms with Crippen molar-refractivity contribution in [1.29, 1.82) is 0 Å². The fourth-order valence-corrected chi connectivity index (χ4v) is 4.71. The van der Waals surface area contributed by atoms with Crippen molar-refractivity contribution < 1.29 is 14.9 Å². The Bertz CT molecular complexity index is 1270. The zero-order valence-electron chi connectivity index (χ0n) is 19.0. The van der Waals surface area contributed by atoms with Crippen molar-refractivity contribution in [3.63, 3.8) is 0 Å². The molecule has 32 heavy (non-hydrogen) atoms. The lowest BCUT2D eigenvalue weighted by atomic mass is 9.90. The summed E-state index contributed by atoms with van der Waals surface area (Å²) in [5.41, 5.74) is 6.23. The summed E-state index contributed by atoms with van der Waals surface area (Å²) in [5.74, 6) is 0.140. The highest BCUT2D eigenvalue weighted by molar-refractivity contribution is 6.04. The number of quaternary nitrogens is 1. The molecule has 0 aliphatic heterocycles. The molecule has 4 aromatic rings. The number of carbonyl (C=O) groups excluding carboxylic acids is 2. The minimum Gasteiger partial charge on any atom is -0.361 e. The smallest absolute Gasteiger partial charge is 0.235 e. The number of H-pyrrole nitrogens is 2. The molecule has 2 aromatic carbocycles. The van der Waals surface area contributed by atoms with Crippen LogP contribution in [0.4, 0.5) is 0 Å². The first-order valence-electron chi connectivity index (χ1n) is 11.1. The quantitative estimate of drug-likeness (QED) is 0.366. The van der Waals surface area contributed by atoms with Gasteiger partial charge in [0.15, 0.2) is 5.78 Å². The molecule has 0 bridgehead atoms. The van der Waals surface area contributed by atoms with Crippen molar-refractivity contribution in [3.05, 3.63) is 94.4 Å². The minimum absolute atomic E-state index is 0.0174. The van der Waals surface area contributed by atoms with Crippen LogP contribution in [0, 0.1) is 13.8 Å². The summed E-state index contributed by atoms with van der Waals surface area (Å²) in [4.78, 5) is 31.7. The number of Topliss-reactive ketones (excluding diaryl/α,β-unsaturated/α-hetero) is 2. The van der Waals surface area contributed by atoms with E-state index in [1.807, 2.05) is 32.9 Å². The zero-order chi connectivity index (χ0) is 22.8. The number of ketones is 2. The number of nitrogens with two attached hydrogens (primary N) is 1. The van der Waals surface area contributed by atoms with Gasteiger partial charge in [0.25, 0.3) is 0 Å². The number of aryl methyl sites for hydroxylation is 1. The van der Waals surface area contributed by atoms with E-state index in [9.17, 15) is 9.59 Å². The summed E-state index contributed by atoms with van der Waals surface area (Å²) in [5, 5.41) is 3.31. The van der Waals surface area contributed by atoms with Gasteiger partial charge in [0.1, 0.15) is 6.04 Å². The SMILES string of the molecule is CC(=O)c1c(C)[nH]c(C(=O)[C@H](C)[NH2+]C[C@@H](c2ccccc2)c2c[nH]c3ccccc23)c1C. The Hall–Kier alpha value is -3.44. The average Bonchev–Trinajstić information content (AvgIpc) is 3.34. The van der Waals surface area contributed by atoms with E-state index in [-0.39, 0.29) is 23.5 Å². The summed E-state index contributed by atoms with van der Waals surface area (Å²) in [6.07, 6.45) is 2.08. The predicted octanol–water partition coefficient (Wildman–Crippen LogP) is 4.28. The minimum atomic E-state index is -0.275. The standard InChI is InChI=1S/C27H29N3O2/c1-16-25(19(4)31)17(2)30-26(16)27(32)18(3)28-14-22(20-10-6-5-7-11-20)23-15-29-24-13-9-8-12-21(23)24/h5-13,15,18,22,28-30H,14H2,1-4H3/p+1/t18-,22-/m0/s1. The predicted molar refractivity (Wildman–Crippen MR) is 127 cm³/mol. The highest BCUT2D eigenvalue weighted by Gasteiger charge is 2.27. The molecule has 0 unspecified atom stereocenters. The van der Waals surface area contributed by atoms with E-state index in [0.717, 1.165) is 23.3 Å². The first-order valence-corrected chi connectivity index (χ1v) is 11.1. The van der Waals surface area contributed by atoms with Gasteiger partial charge in [-0.25, -0.2) is 0 Å². The van der Waals surface area contributed by atoms with Gasteiger partial charge in [0.2, 0.25) is 5.78 Å². The second-order valence-electron chi connectivity index (χ2n) is 8.56. The van der Waals surface area contributed by atoms with Gasteiger partial charge in [-0.2, -0.15) is 0 Å². The maximum absolute atomic E-state index is 13.2. The topological polar surface area (TPSA) is 82.3 Å². The van der Waals surface area contributed by atoms with Gasteiger partial charge in [-0.3, -0.25) is 9.59 Å². The zero-order valence-corrected chi connectivity index (χ0v) is 19.0. The van der Waals surface area contributed by atoms with Crippen LogP contribution in [0.15, 0.2) is 60.8 Å². The van der Waals surface area contributed by atoms with Crippen LogP contribution < -0.4 is 5.32 Å². The van der Waals surface area contributed by atoms with Crippen LogP contribution in [0.5, 0.6) is 0 Å². The molecule has 2 atom stereocenters. The summed E-state index contributed by atoms with van der Waals surface area (Å²) in [6, 6.07) is 18.5. The second kappa shape index (κ2) is 8.97. The lowest BCUT2D eigenvalue weighted by molar-refractivity contribution is -0.673. The van der Waals surface area contributed by atoms with Gasteiger partial charge in [-0.05, 0) is 50.5 Å². The molecular weight excluding hydrogens is 398 g/mol. The van der Waals surface area contributed by atoms with E-state index >= 15 is 0 Å². The Kier molecular flexibility index (Phi) is 6.10. The van der Waals surface area contributed by atoms with Crippen LogP contribution in [-0.4, -0.2) is 34.1 Å². The number of aromatic amines is 2. The number of aromatic nitrogens is 2. The van der Waals surface area contributed by atoms with Crippen molar-refractivity contribution in [2.45, 2.75) is 39.7 Å². The van der Waals surface area contributed by atoms with Crippen molar-refractivity contribution in [2.75, 3.05) is 6.54 Å². The number of nitrogens with one attached hydrogen (secondary N) is 2. The van der Waals surface area contributed by atoms with E-state index in [1.165, 1.54) is 16.5 Å². The number of para-hydroxylation sites is 1. The van der Waals surface area contributed by atoms with Crippen LogP contribution >= 0.6 is 0 Å². The average molecular weight is 429 g/mol. The summed E-state index contributed by atoms with van der Waals surface area (Å²) in [7, 11) is 0. The first kappa shape index (κ1) is 21.8. The molecule has 0 spiro atoms. The Labute approximate surface area is 188 Å². The largest absolute Gasteiger partial charge is 0.361 e. The van der Waals surface area contributed by atoms with Crippen LogP contribution in [0.2, 0.25) is 0 Å². The van der Waals surface area contributed by atoms with Crippen molar-refractivity contribution in [3.8, 4) is 0 Å². The fraction of sp³-hybridized carbons (Fsp3) is 0.259. The Morgan fingerprint density at radius 3 is 2.38 bits per heavy atom. The second-order valence-corrected chi connectivity index (χ2v) is 8.56. The molecule has 4 rings (SSSR count). The third-order valence-electron chi connectivity index (χ3n) is 6.37. The monoisotopic (exact) mass is 428 g/mol. The number of hydrogen-bond donors (Lipinski definition) is 3. The molecule has 4 N–H and O–H groups in total. The van der Waals surface area contributed by atoms with E-state index < -0.39 is 0 Å². The summed E-state index contributed by atoms with van der Waals surface area (Å²) in [6.45, 7) is 7.90. The van der Waals surface area contributed by atoms with Crippen LogP contribution in [0.25, 0.3) is 10.9 Å². The van der Waals surface area contributed by atoms with Crippen LogP contribution in [0.1, 0.15) is 63.0 Å². The van der Waals surface area contributed by atoms with Crippen molar-refractivity contribution in [1.82, 2.24) is 9.97 Å². The third kappa shape index (κ3) is 4.04. The van der Waals surface area contributed by atoms with E-state index in [2.05, 4.69) is 63.9 Å². The van der Waals surface area contributed by atoms with Gasteiger partial charge >= 0.3 is 0 Å². The summed E-state index contributed by atoms with van der Waals surface area (Å²) < 4.78 is 0. The van der Waals surface area contributed by atoms with Gasteiger partial charge < -0.3 is 15.3 Å². The molecule has 2 heterocycles. The number of hydrogen-bond acceptors (Lipinski definition) is 2. The molecule has 0 aliphatic carbocycles. The number of carbonyl (C=O) groups is 2. The number of fused-ring (bicyclic) bond motifs is 1. The molecule has 0 saturated heterocycles. The fourth-order valence-electron chi connectivity index (χ4n) is 4.71. The molecule has 5 heteroatoms. The normalized spacial score (nSPS) is 13.2. The van der Waals surface area contributed by atoms with Crippen molar-refractivity contribution in [2.24, 2.45) is 0 Å². The highest BCUT2D eigenvalue weighted by Crippen LogP contribution is 2.30. The van der Waals surface area contributed by atoms with E-state index in [1.54, 1.807) is 6.92 Å². The molecule has 5 nitrogen and oxygen atoms in total. The Morgan fingerprint density at radius 2 is 1.69 bits per heavy atom. The number of rotatable bonds is 8. The molecule has 2 aromatic heterocycles. The lowest BCUT2D eigenvalue weighted by Crippen LogP contribution is -2.92. The lowest BCUT2D eigenvalue weighted by Gasteiger charge is -2.18. The van der Waals surface area contributed by atoms with E-state index in [4.69, 9.17) is 0 Å². The Morgan fingerprint density at radius 1 is 1.00 bits per heavy atom. The van der Waals surface area contributed by atoms with Gasteiger partial charge in [-0.15, -0.1) is 0 Å². The molecule has 164 valence electrons. The van der Waals surface area contributed by atoms with E-state index in [0.29, 0.717) is 11.3 Å². The third-order valence-corrected chi connectivity index (χ3v) is 6.37. The molecule has 0 saturated carbocycles. The summed E-state index contributed by atoms with van der Waals surface area (Å²) >= 11 is 0. The first-order chi connectivity index (χ1) is 15.4. The van der Waals surface area contributed by atoms with Crippen LogP contribution in [0.3, 0.4) is 0 Å². The molecule has 0 aliphatic rings. The van der Waals surface area contributed by atoms with Gasteiger partial charge in [0.05, 0.1) is 18.2 Å². The molecule has 0 fully saturated rings. The Balaban J connectivity index is 1.60. The maximum atomic E-state index is 13.2. The highest BCUT2D eigenvalue weighted by atomic mass is 16.1. The maximum Gasteiger partial charge on any atom is 0.235 e. The molecule has 0 radical (unpaired) electrons. The molecule has 0 amide bonds. The van der Waals surface area contributed by atoms with Crippen LogP contribution in [-0.2, 0) is 0 Å². The number of benzene rings is 2. The molecular formula is C27H30N3O2+.